The number of aromatic nitrogens is 1. The lowest BCUT2D eigenvalue weighted by Crippen LogP contribution is -2.39. The van der Waals surface area contributed by atoms with Crippen molar-refractivity contribution < 1.29 is 14.4 Å². The molecule has 1 aliphatic heterocycles. The predicted molar refractivity (Wildman–Crippen MR) is 85.2 cm³/mol. The van der Waals surface area contributed by atoms with Crippen LogP contribution in [0, 0.1) is 0 Å². The first kappa shape index (κ1) is 16.0. The number of H-pyrrole nitrogens is 1. The Balaban J connectivity index is 1.94. The maximum Gasteiger partial charge on any atom is 0.407 e. The first-order valence-electron chi connectivity index (χ1n) is 7.08. The smallest absolute Gasteiger partial charge is 0.407 e. The van der Waals surface area contributed by atoms with E-state index >= 15 is 0 Å². The van der Waals surface area contributed by atoms with Gasteiger partial charge in [-0.2, -0.15) is 5.16 Å². The number of hydrogen-bond donors (Lipinski definition) is 2. The van der Waals surface area contributed by atoms with Crippen LogP contribution in [0.3, 0.4) is 0 Å². The summed E-state index contributed by atoms with van der Waals surface area (Å²) in [7, 11) is 0. The van der Waals surface area contributed by atoms with Crippen molar-refractivity contribution in [3.63, 3.8) is 0 Å². The van der Waals surface area contributed by atoms with Gasteiger partial charge in [0.15, 0.2) is 0 Å². The molecule has 2 heterocycles. The first-order valence-corrected chi connectivity index (χ1v) is 7.84. The molecule has 1 amide bonds. The number of hydrogen-bond acceptors (Lipinski definition) is 3. The van der Waals surface area contributed by atoms with E-state index in [9.17, 15) is 14.7 Å². The van der Waals surface area contributed by atoms with E-state index in [0.29, 0.717) is 40.8 Å². The Labute approximate surface area is 141 Å². The maximum atomic E-state index is 11.5. The number of rotatable bonds is 2. The fourth-order valence-corrected chi connectivity index (χ4v) is 3.55. The second kappa shape index (κ2) is 6.29. The average molecular weight is 357 g/mol. The molecule has 1 fully saturated rings. The third-order valence-corrected chi connectivity index (χ3v) is 4.68. The lowest BCUT2D eigenvalue weighted by atomic mass is 9.86. The van der Waals surface area contributed by atoms with Gasteiger partial charge in [0.25, 0.3) is 5.56 Å². The molecular weight excluding hydrogens is 343 g/mol. The molecule has 122 valence electrons. The highest BCUT2D eigenvalue weighted by Gasteiger charge is 2.35. The number of aromatic amines is 1. The van der Waals surface area contributed by atoms with Gasteiger partial charge >= 0.3 is 6.09 Å². The van der Waals surface area contributed by atoms with Crippen molar-refractivity contribution in [2.24, 2.45) is 0 Å². The monoisotopic (exact) mass is 356 g/mol. The van der Waals surface area contributed by atoms with Crippen LogP contribution in [0.5, 0.6) is 0 Å². The molecular formula is C15H14Cl2N2O4. The van der Waals surface area contributed by atoms with Crippen molar-refractivity contribution in [1.29, 1.82) is 0 Å². The van der Waals surface area contributed by atoms with E-state index in [4.69, 9.17) is 27.7 Å². The zero-order chi connectivity index (χ0) is 16.6. The Bertz CT molecular complexity index is 786. The van der Waals surface area contributed by atoms with E-state index in [1.807, 2.05) is 0 Å². The zero-order valence-corrected chi connectivity index (χ0v) is 13.5. The molecule has 8 heteroatoms. The van der Waals surface area contributed by atoms with Crippen LogP contribution in [0.4, 0.5) is 4.79 Å². The SMILES string of the molecule is O=C(O)N1CC[C@@H](c2cc(=O)[nH]o2)C[C@H]1c1ccc(Cl)cc1Cl. The van der Waals surface area contributed by atoms with Crippen LogP contribution in [0.15, 0.2) is 33.6 Å². The van der Waals surface area contributed by atoms with E-state index in [0.717, 1.165) is 0 Å². The van der Waals surface area contributed by atoms with E-state index in [1.165, 1.54) is 11.0 Å². The van der Waals surface area contributed by atoms with Crippen LogP contribution in [0.25, 0.3) is 0 Å². The predicted octanol–water partition coefficient (Wildman–Crippen LogP) is 3.87. The highest BCUT2D eigenvalue weighted by molar-refractivity contribution is 6.35. The van der Waals surface area contributed by atoms with Crippen molar-refractivity contribution in [2.45, 2.75) is 24.8 Å². The Kier molecular flexibility index (Phi) is 4.37. The van der Waals surface area contributed by atoms with Gasteiger partial charge in [-0.05, 0) is 30.5 Å². The maximum absolute atomic E-state index is 11.5. The van der Waals surface area contributed by atoms with Crippen LogP contribution < -0.4 is 5.56 Å². The molecule has 6 nitrogen and oxygen atoms in total. The molecule has 0 radical (unpaired) electrons. The number of benzene rings is 1. The van der Waals surface area contributed by atoms with E-state index in [-0.39, 0.29) is 11.5 Å². The van der Waals surface area contributed by atoms with Gasteiger partial charge < -0.3 is 14.5 Å². The van der Waals surface area contributed by atoms with Gasteiger partial charge in [-0.1, -0.05) is 29.3 Å². The third kappa shape index (κ3) is 3.23. The lowest BCUT2D eigenvalue weighted by molar-refractivity contribution is 0.0968. The van der Waals surface area contributed by atoms with Gasteiger partial charge in [-0.3, -0.25) is 4.79 Å². The molecule has 23 heavy (non-hydrogen) atoms. The zero-order valence-electron chi connectivity index (χ0n) is 12.0. The molecule has 1 saturated heterocycles. The minimum atomic E-state index is -1.00. The van der Waals surface area contributed by atoms with Crippen LogP contribution in [0.2, 0.25) is 10.0 Å². The second-order valence-electron chi connectivity index (χ2n) is 5.49. The Morgan fingerprint density at radius 2 is 2.13 bits per heavy atom. The normalized spacial score (nSPS) is 21.4. The summed E-state index contributed by atoms with van der Waals surface area (Å²) in [5.41, 5.74) is 0.391. The van der Waals surface area contributed by atoms with Gasteiger partial charge in [-0.25, -0.2) is 4.79 Å². The van der Waals surface area contributed by atoms with Crippen LogP contribution in [-0.2, 0) is 0 Å². The Morgan fingerprint density at radius 1 is 1.35 bits per heavy atom. The van der Waals surface area contributed by atoms with E-state index in [2.05, 4.69) is 5.16 Å². The second-order valence-corrected chi connectivity index (χ2v) is 6.34. The molecule has 2 aromatic rings. The minimum absolute atomic E-state index is 0.0544. The van der Waals surface area contributed by atoms with Gasteiger partial charge in [0.05, 0.1) is 6.04 Å². The Morgan fingerprint density at radius 3 is 2.74 bits per heavy atom. The quantitative estimate of drug-likeness (QED) is 0.854. The molecule has 0 aliphatic carbocycles. The number of halogens is 2. The van der Waals surface area contributed by atoms with Gasteiger partial charge in [0.2, 0.25) is 0 Å². The van der Waals surface area contributed by atoms with E-state index in [1.54, 1.807) is 18.2 Å². The highest BCUT2D eigenvalue weighted by Crippen LogP contribution is 2.41. The van der Waals surface area contributed by atoms with Gasteiger partial charge in [-0.15, -0.1) is 0 Å². The summed E-state index contributed by atoms with van der Waals surface area (Å²) in [6.07, 6.45) is 0.0541. The fraction of sp³-hybridized carbons (Fsp3) is 0.333. The topological polar surface area (TPSA) is 86.5 Å². The summed E-state index contributed by atoms with van der Waals surface area (Å²) >= 11 is 12.2. The highest BCUT2D eigenvalue weighted by atomic mass is 35.5. The molecule has 1 aromatic carbocycles. The van der Waals surface area contributed by atoms with Gasteiger partial charge in [0.1, 0.15) is 5.76 Å². The number of likely N-dealkylation sites (tertiary alicyclic amines) is 1. The van der Waals surface area contributed by atoms with Crippen molar-refractivity contribution >= 4 is 29.3 Å². The number of nitrogens with one attached hydrogen (secondary N) is 1. The van der Waals surface area contributed by atoms with Crippen LogP contribution in [0.1, 0.15) is 36.1 Å². The molecule has 0 bridgehead atoms. The summed E-state index contributed by atoms with van der Waals surface area (Å²) < 4.78 is 5.18. The molecule has 2 N–H and O–H groups in total. The molecule has 2 atom stereocenters. The summed E-state index contributed by atoms with van der Waals surface area (Å²) in [5, 5.41) is 12.6. The molecule has 0 spiro atoms. The third-order valence-electron chi connectivity index (χ3n) is 4.11. The first-order chi connectivity index (χ1) is 11.0. The molecule has 0 saturated carbocycles. The number of carbonyl (C=O) groups is 1. The summed E-state index contributed by atoms with van der Waals surface area (Å²) in [4.78, 5) is 24.2. The number of carboxylic acid groups (broad SMARTS) is 1. The number of nitrogens with zero attached hydrogens (tertiary/aromatic N) is 1. The summed E-state index contributed by atoms with van der Waals surface area (Å²) in [6.45, 7) is 0.332. The fourth-order valence-electron chi connectivity index (χ4n) is 3.02. The van der Waals surface area contributed by atoms with Crippen molar-refractivity contribution in [2.75, 3.05) is 6.54 Å². The van der Waals surface area contributed by atoms with Crippen molar-refractivity contribution in [1.82, 2.24) is 10.1 Å². The standard InChI is InChI=1S/C15H14Cl2N2O4/c16-9-1-2-10(11(17)6-9)12-5-8(3-4-19(12)15(21)22)13-7-14(20)18-23-13/h1-2,6-8,12H,3-5H2,(H,18,20)(H,21,22)/t8-,12+/m1/s1. The molecule has 1 aliphatic rings. The number of piperidine rings is 1. The summed E-state index contributed by atoms with van der Waals surface area (Å²) in [5.74, 6) is 0.483. The minimum Gasteiger partial charge on any atom is -0.465 e. The van der Waals surface area contributed by atoms with Crippen LogP contribution in [-0.4, -0.2) is 27.8 Å². The van der Waals surface area contributed by atoms with E-state index < -0.39 is 12.1 Å². The van der Waals surface area contributed by atoms with Crippen LogP contribution >= 0.6 is 23.2 Å². The largest absolute Gasteiger partial charge is 0.465 e. The van der Waals surface area contributed by atoms with Gasteiger partial charge in [0, 0.05) is 28.6 Å². The number of amides is 1. The Hall–Kier alpha value is -1.92. The van der Waals surface area contributed by atoms with Crippen molar-refractivity contribution in [3.05, 3.63) is 56.0 Å². The molecule has 3 rings (SSSR count). The lowest BCUT2D eigenvalue weighted by Gasteiger charge is -2.37. The molecule has 1 aromatic heterocycles. The van der Waals surface area contributed by atoms with Crippen molar-refractivity contribution in [3.8, 4) is 0 Å². The molecule has 0 unspecified atom stereocenters. The summed E-state index contributed by atoms with van der Waals surface area (Å²) in [6, 6.07) is 6.00. The average Bonchev–Trinajstić information content (AvgIpc) is 2.93.